The summed E-state index contributed by atoms with van der Waals surface area (Å²) in [6.45, 7) is 0. The summed E-state index contributed by atoms with van der Waals surface area (Å²) in [7, 11) is 1.59. The van der Waals surface area contributed by atoms with Crippen LogP contribution >= 0.6 is 0 Å². The number of hydrogen-bond acceptors (Lipinski definition) is 12. The van der Waals surface area contributed by atoms with Crippen LogP contribution in [0.5, 0.6) is 11.5 Å². The van der Waals surface area contributed by atoms with E-state index in [4.69, 9.17) is 9.72 Å². The van der Waals surface area contributed by atoms with Gasteiger partial charge in [0.15, 0.2) is 0 Å². The van der Waals surface area contributed by atoms with Gasteiger partial charge in [-0.3, -0.25) is 10.1 Å². The Bertz CT molecular complexity index is 1580. The van der Waals surface area contributed by atoms with Gasteiger partial charge in [0.2, 0.25) is 17.8 Å². The Kier molecular flexibility index (Phi) is 8.14. The quantitative estimate of drug-likeness (QED) is 0.121. The molecule has 1 aromatic heterocycles. The van der Waals surface area contributed by atoms with Crippen LogP contribution in [0.25, 0.3) is 0 Å². The van der Waals surface area contributed by atoms with Gasteiger partial charge in [0.1, 0.15) is 11.5 Å². The van der Waals surface area contributed by atoms with Crippen molar-refractivity contribution < 1.29 is 15.1 Å². The number of benzene rings is 4. The molecule has 0 aliphatic carbocycles. The molecule has 0 fully saturated rings. The third-order valence-corrected chi connectivity index (χ3v) is 5.80. The molecule has 0 aliphatic rings. The Morgan fingerprint density at radius 2 is 1.44 bits per heavy atom. The van der Waals surface area contributed by atoms with Gasteiger partial charge in [-0.2, -0.15) is 20.1 Å². The molecule has 0 unspecified atom stereocenters. The van der Waals surface area contributed by atoms with Crippen molar-refractivity contribution in [3.8, 4) is 11.5 Å². The summed E-state index contributed by atoms with van der Waals surface area (Å²) in [5.74, 6) is 1.21. The van der Waals surface area contributed by atoms with Crippen LogP contribution in [0.4, 0.5) is 40.6 Å². The molecule has 41 heavy (non-hydrogen) atoms. The van der Waals surface area contributed by atoms with Crippen molar-refractivity contribution in [3.63, 3.8) is 0 Å². The van der Waals surface area contributed by atoms with Crippen LogP contribution < -0.4 is 25.6 Å². The Hall–Kier alpha value is -5.72. The molecule has 206 valence electrons. The largest absolute Gasteiger partial charge is 0.733 e. The summed E-state index contributed by atoms with van der Waals surface area (Å²) in [4.78, 5) is 15.6. The van der Waals surface area contributed by atoms with Crippen molar-refractivity contribution in [2.75, 3.05) is 28.0 Å². The number of phenolic OH excluding ortho intramolecular Hbond substituents is 1. The lowest BCUT2D eigenvalue weighted by Crippen LogP contribution is -2.16. The van der Waals surface area contributed by atoms with Crippen LogP contribution in [0, 0.1) is 5.21 Å². The minimum atomic E-state index is -0.304. The molecule has 12 heteroatoms. The maximum atomic E-state index is 11.2. The molecule has 0 saturated heterocycles. The maximum absolute atomic E-state index is 11.2. The average molecular weight is 550 g/mol. The Balaban J connectivity index is 1.53. The van der Waals surface area contributed by atoms with E-state index in [-0.39, 0.29) is 34.1 Å². The first kappa shape index (κ1) is 26.9. The van der Waals surface area contributed by atoms with E-state index < -0.39 is 0 Å². The summed E-state index contributed by atoms with van der Waals surface area (Å²) in [6, 6.07) is 30.4. The summed E-state index contributed by atoms with van der Waals surface area (Å²) in [5, 5.41) is 37.6. The molecule has 0 spiro atoms. The van der Waals surface area contributed by atoms with Gasteiger partial charge in [-0.05, 0) is 66.7 Å². The number of methoxy groups -OCH3 is 1. The minimum absolute atomic E-state index is 0.0703. The first-order valence-electron chi connectivity index (χ1n) is 12.4. The van der Waals surface area contributed by atoms with Gasteiger partial charge in [-0.15, -0.1) is 0 Å². The predicted octanol–water partition coefficient (Wildman–Crippen LogP) is 5.94. The van der Waals surface area contributed by atoms with Gasteiger partial charge >= 0.3 is 0 Å². The van der Waals surface area contributed by atoms with Crippen LogP contribution in [-0.2, 0) is 0 Å². The molecule has 0 aliphatic heterocycles. The zero-order valence-corrected chi connectivity index (χ0v) is 21.8. The Morgan fingerprint density at radius 3 is 2.05 bits per heavy atom. The average Bonchev–Trinajstić information content (AvgIpc) is 2.99. The standard InChI is InChI=1S/C29H25N8O4/c1-41-25-15-12-21(13-16-25)31-27-32-28(35-30-19-20-18-24(37(39)40)14-17-26(20)38)34-29(33-27)36(22-8-4-2-5-9-22)23-10-6-3-7-11-23/h2-19,38-39H,1H3,(H2,31,32,33,34,35)/q-1. The van der Waals surface area contributed by atoms with Gasteiger partial charge in [-0.1, -0.05) is 36.4 Å². The van der Waals surface area contributed by atoms with E-state index in [0.29, 0.717) is 11.7 Å². The van der Waals surface area contributed by atoms with Crippen molar-refractivity contribution in [1.82, 2.24) is 15.0 Å². The van der Waals surface area contributed by atoms with Gasteiger partial charge in [0.25, 0.3) is 0 Å². The molecule has 1 heterocycles. The zero-order chi connectivity index (χ0) is 28.6. The second-order valence-corrected chi connectivity index (χ2v) is 8.53. The molecule has 0 amide bonds. The number of para-hydroxylation sites is 2. The Labute approximate surface area is 235 Å². The van der Waals surface area contributed by atoms with Crippen LogP contribution in [0.15, 0.2) is 108 Å². The lowest BCUT2D eigenvalue weighted by molar-refractivity contribution is 0.296. The molecule has 12 nitrogen and oxygen atoms in total. The lowest BCUT2D eigenvalue weighted by atomic mass is 10.2. The molecular weight excluding hydrogens is 524 g/mol. The second kappa shape index (κ2) is 12.4. The number of aromatic hydroxyl groups is 1. The highest BCUT2D eigenvalue weighted by atomic mass is 16.8. The number of nitrogens with zero attached hydrogens (tertiary/aromatic N) is 6. The number of ether oxygens (including phenoxy) is 1. The predicted molar refractivity (Wildman–Crippen MR) is 158 cm³/mol. The molecular formula is C29H25N8O4-. The van der Waals surface area contributed by atoms with E-state index in [1.807, 2.05) is 89.8 Å². The molecule has 0 radical (unpaired) electrons. The molecule has 4 aromatic carbocycles. The van der Waals surface area contributed by atoms with Crippen molar-refractivity contribution in [1.29, 1.82) is 0 Å². The number of rotatable bonds is 10. The van der Waals surface area contributed by atoms with Crippen LogP contribution in [0.1, 0.15) is 5.56 Å². The SMILES string of the molecule is COc1ccc(Nc2nc(NN=Cc3cc(N([O-])O)ccc3O)nc(N(c3ccccc3)c3ccccc3)n2)cc1. The number of aromatic nitrogens is 3. The monoisotopic (exact) mass is 549 g/mol. The van der Waals surface area contributed by atoms with E-state index in [9.17, 15) is 15.5 Å². The van der Waals surface area contributed by atoms with Crippen molar-refractivity contribution in [2.45, 2.75) is 0 Å². The molecule has 5 rings (SSSR count). The van der Waals surface area contributed by atoms with Crippen molar-refractivity contribution in [2.24, 2.45) is 5.10 Å². The van der Waals surface area contributed by atoms with Crippen LogP contribution in [0.3, 0.4) is 0 Å². The third-order valence-electron chi connectivity index (χ3n) is 5.80. The van der Waals surface area contributed by atoms with Crippen molar-refractivity contribution >= 4 is 46.8 Å². The molecule has 5 aromatic rings. The fourth-order valence-electron chi connectivity index (χ4n) is 3.83. The van der Waals surface area contributed by atoms with Crippen molar-refractivity contribution in [3.05, 3.63) is 114 Å². The molecule has 0 atom stereocenters. The van der Waals surface area contributed by atoms with E-state index in [1.165, 1.54) is 24.4 Å². The maximum Gasteiger partial charge on any atom is 0.250 e. The van der Waals surface area contributed by atoms with Crippen LogP contribution in [-0.4, -0.2) is 38.6 Å². The third kappa shape index (κ3) is 6.65. The Morgan fingerprint density at radius 1 is 0.805 bits per heavy atom. The smallest absolute Gasteiger partial charge is 0.250 e. The summed E-state index contributed by atoms with van der Waals surface area (Å²) < 4.78 is 5.24. The number of hydrogen-bond donors (Lipinski definition) is 4. The highest BCUT2D eigenvalue weighted by molar-refractivity contribution is 5.85. The number of nitrogens with one attached hydrogen (secondary N) is 2. The van der Waals surface area contributed by atoms with Gasteiger partial charge in [0, 0.05) is 22.6 Å². The normalized spacial score (nSPS) is 10.8. The van der Waals surface area contributed by atoms with E-state index >= 15 is 0 Å². The van der Waals surface area contributed by atoms with Gasteiger partial charge < -0.3 is 25.6 Å². The summed E-state index contributed by atoms with van der Waals surface area (Å²) in [5.41, 5.74) is 5.25. The summed E-state index contributed by atoms with van der Waals surface area (Å²) >= 11 is 0. The first-order chi connectivity index (χ1) is 20.0. The molecule has 4 N–H and O–H groups in total. The summed E-state index contributed by atoms with van der Waals surface area (Å²) in [6.07, 6.45) is 1.27. The van der Waals surface area contributed by atoms with Crippen LogP contribution in [0.2, 0.25) is 0 Å². The lowest BCUT2D eigenvalue weighted by Gasteiger charge is -2.23. The van der Waals surface area contributed by atoms with E-state index in [1.54, 1.807) is 7.11 Å². The minimum Gasteiger partial charge on any atom is -0.733 e. The topological polar surface area (TPSA) is 154 Å². The number of phenols is 1. The number of hydrazone groups is 1. The molecule has 0 saturated carbocycles. The van der Waals surface area contributed by atoms with E-state index in [0.717, 1.165) is 17.1 Å². The zero-order valence-electron chi connectivity index (χ0n) is 21.8. The molecule has 0 bridgehead atoms. The van der Waals surface area contributed by atoms with E-state index in [2.05, 4.69) is 25.8 Å². The highest BCUT2D eigenvalue weighted by Gasteiger charge is 2.18. The fraction of sp³-hybridized carbons (Fsp3) is 0.0345. The second-order valence-electron chi connectivity index (χ2n) is 8.53. The number of anilines is 7. The van der Waals surface area contributed by atoms with Gasteiger partial charge in [-0.25, -0.2) is 5.43 Å². The first-order valence-corrected chi connectivity index (χ1v) is 12.4. The fourth-order valence-corrected chi connectivity index (χ4v) is 3.83. The van der Waals surface area contributed by atoms with Gasteiger partial charge in [0.05, 0.1) is 19.0 Å². The highest BCUT2D eigenvalue weighted by Crippen LogP contribution is 2.33.